The van der Waals surface area contributed by atoms with Gasteiger partial charge in [-0.05, 0) is 82.4 Å². The number of aliphatic imine (C=N–C) groups is 2. The Hall–Kier alpha value is -2.27. The summed E-state index contributed by atoms with van der Waals surface area (Å²) in [5, 5.41) is 7.93. The van der Waals surface area contributed by atoms with Crippen molar-refractivity contribution in [1.82, 2.24) is 0 Å². The number of hydrogen-bond donors (Lipinski definition) is 2. The lowest BCUT2D eigenvalue weighted by Gasteiger charge is -2.13. The van der Waals surface area contributed by atoms with Crippen LogP contribution in [0.1, 0.15) is 48.4 Å². The standard InChI is InChI=1S/C25H36N4S/c1-18-12-10-13-19(2)23(18)28-22(5)26-16-8-7-9-17-27-25(30-6)29-24-20(3)14-11-15-21(24)4/h10-15H,7-9,16-17H2,1-6H3,(H,26,28)(H,27,29). The minimum absolute atomic E-state index is 0.845. The Morgan fingerprint density at radius 2 is 1.20 bits per heavy atom. The van der Waals surface area contributed by atoms with E-state index in [1.165, 1.54) is 33.6 Å². The predicted octanol–water partition coefficient (Wildman–Crippen LogP) is 6.75. The smallest absolute Gasteiger partial charge is 0.160 e. The van der Waals surface area contributed by atoms with Crippen molar-refractivity contribution in [2.75, 3.05) is 30.0 Å². The maximum Gasteiger partial charge on any atom is 0.160 e. The molecule has 2 rings (SSSR count). The second-order valence-electron chi connectivity index (χ2n) is 7.70. The van der Waals surface area contributed by atoms with Crippen LogP contribution in [0.2, 0.25) is 0 Å². The predicted molar refractivity (Wildman–Crippen MR) is 137 cm³/mol. The van der Waals surface area contributed by atoms with E-state index in [2.05, 4.69) is 86.0 Å². The second kappa shape index (κ2) is 12.4. The van der Waals surface area contributed by atoms with Crippen molar-refractivity contribution in [2.45, 2.75) is 53.9 Å². The van der Waals surface area contributed by atoms with Crippen molar-refractivity contribution in [3.63, 3.8) is 0 Å². The SMILES string of the molecule is CSC(=NCCCCCN=C(C)Nc1c(C)cccc1C)Nc1c(C)cccc1C. The van der Waals surface area contributed by atoms with E-state index in [1.54, 1.807) is 11.8 Å². The number of unbranched alkanes of at least 4 members (excludes halogenated alkanes) is 2. The van der Waals surface area contributed by atoms with E-state index < -0.39 is 0 Å². The molecule has 0 atom stereocenters. The molecule has 5 heteroatoms. The monoisotopic (exact) mass is 424 g/mol. The molecular weight excluding hydrogens is 388 g/mol. The van der Waals surface area contributed by atoms with Gasteiger partial charge in [-0.15, -0.1) is 0 Å². The highest BCUT2D eigenvalue weighted by Crippen LogP contribution is 2.21. The number of rotatable bonds is 8. The molecule has 0 bridgehead atoms. The molecule has 0 heterocycles. The fourth-order valence-corrected chi connectivity index (χ4v) is 3.76. The summed E-state index contributed by atoms with van der Waals surface area (Å²) in [5.41, 5.74) is 7.35. The van der Waals surface area contributed by atoms with Crippen LogP contribution in [0.4, 0.5) is 11.4 Å². The Kier molecular flexibility index (Phi) is 9.95. The Morgan fingerprint density at radius 1 is 0.733 bits per heavy atom. The molecule has 0 saturated heterocycles. The molecule has 2 aromatic carbocycles. The molecule has 0 radical (unpaired) electrons. The number of hydrogen-bond acceptors (Lipinski definition) is 3. The number of thioether (sulfide) groups is 1. The normalized spacial score (nSPS) is 12.2. The molecule has 0 spiro atoms. The molecule has 0 amide bonds. The van der Waals surface area contributed by atoms with Gasteiger partial charge in [0.2, 0.25) is 0 Å². The summed E-state index contributed by atoms with van der Waals surface area (Å²) >= 11 is 1.67. The largest absolute Gasteiger partial charge is 0.344 e. The lowest BCUT2D eigenvalue weighted by atomic mass is 10.1. The van der Waals surface area contributed by atoms with E-state index in [9.17, 15) is 0 Å². The van der Waals surface area contributed by atoms with E-state index in [-0.39, 0.29) is 0 Å². The first-order chi connectivity index (χ1) is 14.4. The molecule has 0 unspecified atom stereocenters. The van der Waals surface area contributed by atoms with Crippen LogP contribution in [0, 0.1) is 27.7 Å². The highest BCUT2D eigenvalue weighted by atomic mass is 32.2. The van der Waals surface area contributed by atoms with Gasteiger partial charge < -0.3 is 10.6 Å². The Morgan fingerprint density at radius 3 is 1.70 bits per heavy atom. The number of para-hydroxylation sites is 2. The van der Waals surface area contributed by atoms with Crippen molar-refractivity contribution in [3.05, 3.63) is 58.7 Å². The zero-order valence-electron chi connectivity index (χ0n) is 19.3. The number of aryl methyl sites for hydroxylation is 4. The molecule has 0 fully saturated rings. The van der Waals surface area contributed by atoms with Crippen LogP contribution in [0.3, 0.4) is 0 Å². The Balaban J connectivity index is 1.73. The molecule has 4 nitrogen and oxygen atoms in total. The average molecular weight is 425 g/mol. The third-order valence-electron chi connectivity index (χ3n) is 5.11. The van der Waals surface area contributed by atoms with Crippen molar-refractivity contribution in [2.24, 2.45) is 9.98 Å². The van der Waals surface area contributed by atoms with E-state index >= 15 is 0 Å². The third-order valence-corrected chi connectivity index (χ3v) is 5.73. The van der Waals surface area contributed by atoms with Gasteiger partial charge in [-0.25, -0.2) is 0 Å². The van der Waals surface area contributed by atoms with Gasteiger partial charge >= 0.3 is 0 Å². The van der Waals surface area contributed by atoms with Crippen LogP contribution < -0.4 is 10.6 Å². The van der Waals surface area contributed by atoms with E-state index in [1.807, 2.05) is 6.92 Å². The maximum absolute atomic E-state index is 4.75. The van der Waals surface area contributed by atoms with Crippen LogP contribution in [0.25, 0.3) is 0 Å². The van der Waals surface area contributed by atoms with Crippen molar-refractivity contribution in [1.29, 1.82) is 0 Å². The Labute approximate surface area is 186 Å². The Bertz CT molecular complexity index is 846. The van der Waals surface area contributed by atoms with Gasteiger partial charge in [-0.1, -0.05) is 48.2 Å². The molecule has 30 heavy (non-hydrogen) atoms. The van der Waals surface area contributed by atoms with E-state index in [0.29, 0.717) is 0 Å². The third kappa shape index (κ3) is 7.52. The van der Waals surface area contributed by atoms with Crippen molar-refractivity contribution < 1.29 is 0 Å². The van der Waals surface area contributed by atoms with Crippen LogP contribution in [0.15, 0.2) is 46.4 Å². The first-order valence-electron chi connectivity index (χ1n) is 10.7. The molecule has 0 saturated carbocycles. The van der Waals surface area contributed by atoms with Gasteiger partial charge in [-0.3, -0.25) is 9.98 Å². The summed E-state index contributed by atoms with van der Waals surface area (Å²) < 4.78 is 0. The van der Waals surface area contributed by atoms with Gasteiger partial charge in [-0.2, -0.15) is 0 Å². The quantitative estimate of drug-likeness (QED) is 0.280. The number of anilines is 2. The summed E-state index contributed by atoms with van der Waals surface area (Å²) in [5.74, 6) is 0.980. The summed E-state index contributed by atoms with van der Waals surface area (Å²) in [4.78, 5) is 9.43. The number of benzene rings is 2. The van der Waals surface area contributed by atoms with Gasteiger partial charge in [0.15, 0.2) is 5.17 Å². The molecule has 0 aliphatic heterocycles. The van der Waals surface area contributed by atoms with Crippen LogP contribution >= 0.6 is 11.8 Å². The van der Waals surface area contributed by atoms with Gasteiger partial charge in [0.25, 0.3) is 0 Å². The van der Waals surface area contributed by atoms with Crippen LogP contribution in [0.5, 0.6) is 0 Å². The van der Waals surface area contributed by atoms with Crippen molar-refractivity contribution >= 4 is 34.1 Å². The molecule has 0 aliphatic carbocycles. The lowest BCUT2D eigenvalue weighted by Crippen LogP contribution is -2.11. The molecule has 2 aromatic rings. The maximum atomic E-state index is 4.75. The van der Waals surface area contributed by atoms with Gasteiger partial charge in [0.1, 0.15) is 0 Å². The minimum atomic E-state index is 0.845. The molecule has 2 N–H and O–H groups in total. The van der Waals surface area contributed by atoms with Crippen LogP contribution in [-0.2, 0) is 0 Å². The molecule has 162 valence electrons. The number of nitrogens with zero attached hydrogens (tertiary/aromatic N) is 2. The minimum Gasteiger partial charge on any atom is -0.344 e. The van der Waals surface area contributed by atoms with Crippen molar-refractivity contribution in [3.8, 4) is 0 Å². The summed E-state index contributed by atoms with van der Waals surface area (Å²) in [6.45, 7) is 12.2. The lowest BCUT2D eigenvalue weighted by molar-refractivity contribution is 0.697. The summed E-state index contributed by atoms with van der Waals surface area (Å²) in [6.07, 6.45) is 5.37. The molecule has 0 aromatic heterocycles. The van der Waals surface area contributed by atoms with E-state index in [4.69, 9.17) is 4.99 Å². The highest BCUT2D eigenvalue weighted by Gasteiger charge is 2.05. The fraction of sp³-hybridized carbons (Fsp3) is 0.440. The average Bonchev–Trinajstić information content (AvgIpc) is 2.71. The van der Waals surface area contributed by atoms with Gasteiger partial charge in [0.05, 0.1) is 5.84 Å². The number of amidine groups is 2. The summed E-state index contributed by atoms with van der Waals surface area (Å²) in [6, 6.07) is 12.7. The zero-order chi connectivity index (χ0) is 21.9. The summed E-state index contributed by atoms with van der Waals surface area (Å²) in [7, 11) is 0. The topological polar surface area (TPSA) is 48.8 Å². The van der Waals surface area contributed by atoms with Gasteiger partial charge in [0, 0.05) is 24.5 Å². The first kappa shape index (κ1) is 24.0. The van der Waals surface area contributed by atoms with Crippen LogP contribution in [-0.4, -0.2) is 30.3 Å². The molecular formula is C25H36N4S. The molecule has 0 aliphatic rings. The highest BCUT2D eigenvalue weighted by molar-refractivity contribution is 8.13. The van der Waals surface area contributed by atoms with E-state index in [0.717, 1.165) is 43.4 Å². The zero-order valence-corrected chi connectivity index (χ0v) is 20.1. The first-order valence-corrected chi connectivity index (χ1v) is 11.9. The fourth-order valence-electron chi connectivity index (χ4n) is 3.33. The number of nitrogens with one attached hydrogen (secondary N) is 2. The second-order valence-corrected chi connectivity index (χ2v) is 8.50.